The molecule has 0 radical (unpaired) electrons. The van der Waals surface area contributed by atoms with Crippen LogP contribution in [0, 0.1) is 6.92 Å². The van der Waals surface area contributed by atoms with E-state index in [0.29, 0.717) is 17.7 Å². The first-order chi connectivity index (χ1) is 19.6. The van der Waals surface area contributed by atoms with Crippen molar-refractivity contribution in [3.8, 4) is 5.75 Å². The molecular formula is C31H33N3O6S. The third-order valence-electron chi connectivity index (χ3n) is 7.41. The van der Waals surface area contributed by atoms with Gasteiger partial charge in [-0.2, -0.15) is 0 Å². The van der Waals surface area contributed by atoms with Crippen LogP contribution in [0.1, 0.15) is 52.7 Å². The fourth-order valence-corrected chi connectivity index (χ4v) is 6.55. The summed E-state index contributed by atoms with van der Waals surface area (Å²) in [7, 11) is -0.669. The van der Waals surface area contributed by atoms with Crippen molar-refractivity contribution < 1.29 is 27.5 Å². The van der Waals surface area contributed by atoms with Gasteiger partial charge in [0.2, 0.25) is 0 Å². The molecule has 1 aromatic heterocycles. The zero-order valence-electron chi connectivity index (χ0n) is 23.3. The lowest BCUT2D eigenvalue weighted by molar-refractivity contribution is 0.0978. The van der Waals surface area contributed by atoms with Gasteiger partial charge >= 0.3 is 6.09 Å². The summed E-state index contributed by atoms with van der Waals surface area (Å²) in [6, 6.07) is 17.3. The second kappa shape index (κ2) is 11.7. The monoisotopic (exact) mass is 575 g/mol. The van der Waals surface area contributed by atoms with Crippen LogP contribution in [0.5, 0.6) is 5.75 Å². The number of anilines is 1. The molecule has 1 aliphatic rings. The van der Waals surface area contributed by atoms with Crippen molar-refractivity contribution in [3.05, 3.63) is 89.1 Å². The number of ether oxygens (including phenoxy) is 2. The highest BCUT2D eigenvalue weighted by molar-refractivity contribution is 7.90. The highest BCUT2D eigenvalue weighted by Gasteiger charge is 2.23. The van der Waals surface area contributed by atoms with Crippen LogP contribution in [0.3, 0.4) is 0 Å². The highest BCUT2D eigenvalue weighted by Crippen LogP contribution is 2.29. The molecule has 41 heavy (non-hydrogen) atoms. The lowest BCUT2D eigenvalue weighted by atomic mass is 10.0. The Balaban J connectivity index is 1.35. The summed E-state index contributed by atoms with van der Waals surface area (Å²) in [5, 5.41) is 3.82. The van der Waals surface area contributed by atoms with E-state index in [2.05, 4.69) is 10.0 Å². The molecule has 0 aliphatic heterocycles. The number of hydrogen-bond acceptors (Lipinski definition) is 6. The number of hydrogen-bond donors (Lipinski definition) is 2. The number of amides is 2. The number of methoxy groups -OCH3 is 1. The van der Waals surface area contributed by atoms with E-state index in [-0.39, 0.29) is 22.3 Å². The van der Waals surface area contributed by atoms with Crippen molar-refractivity contribution in [1.82, 2.24) is 9.29 Å². The summed E-state index contributed by atoms with van der Waals surface area (Å²) in [5.41, 5.74) is 4.17. The van der Waals surface area contributed by atoms with Crippen LogP contribution in [0.25, 0.3) is 10.9 Å². The molecule has 0 bridgehead atoms. The Hall–Kier alpha value is -4.31. The van der Waals surface area contributed by atoms with Crippen LogP contribution in [0.4, 0.5) is 10.5 Å². The molecule has 2 amide bonds. The highest BCUT2D eigenvalue weighted by atomic mass is 32.2. The van der Waals surface area contributed by atoms with Crippen LogP contribution in [-0.4, -0.2) is 38.2 Å². The van der Waals surface area contributed by atoms with Crippen molar-refractivity contribution in [3.63, 3.8) is 0 Å². The molecule has 1 heterocycles. The van der Waals surface area contributed by atoms with Crippen molar-refractivity contribution in [1.29, 1.82) is 0 Å². The zero-order chi connectivity index (χ0) is 29.1. The van der Waals surface area contributed by atoms with Crippen molar-refractivity contribution in [2.75, 3.05) is 12.4 Å². The van der Waals surface area contributed by atoms with Gasteiger partial charge in [-0.25, -0.2) is 17.9 Å². The van der Waals surface area contributed by atoms with Crippen LogP contribution in [0.15, 0.2) is 71.8 Å². The van der Waals surface area contributed by atoms with Gasteiger partial charge in [-0.05, 0) is 92.1 Å². The van der Waals surface area contributed by atoms with E-state index < -0.39 is 22.0 Å². The van der Waals surface area contributed by atoms with E-state index in [1.54, 1.807) is 43.3 Å². The summed E-state index contributed by atoms with van der Waals surface area (Å²) >= 11 is 0. The molecule has 5 rings (SSSR count). The smallest absolute Gasteiger partial charge is 0.411 e. The molecule has 4 aromatic rings. The third kappa shape index (κ3) is 6.22. The number of carbonyl (C=O) groups excluding carboxylic acids is 2. The summed E-state index contributed by atoms with van der Waals surface area (Å²) in [5.74, 6) is -0.515. The van der Waals surface area contributed by atoms with Gasteiger partial charge in [0.05, 0.1) is 17.6 Å². The number of aromatic nitrogens is 1. The van der Waals surface area contributed by atoms with Crippen LogP contribution in [-0.2, 0) is 28.2 Å². The minimum Gasteiger partial charge on any atom is -0.496 e. The average molecular weight is 576 g/mol. The fourth-order valence-electron chi connectivity index (χ4n) is 5.34. The normalized spacial score (nSPS) is 13.7. The van der Waals surface area contributed by atoms with Crippen molar-refractivity contribution in [2.24, 2.45) is 7.05 Å². The predicted molar refractivity (Wildman–Crippen MR) is 157 cm³/mol. The standard InChI is InChI=1S/C31H33N3O6S/c1-20-8-4-7-11-29(20)41(37,38)33-30(35)25-14-12-21(17-28(25)39-3)16-22-19-34(2)27-15-13-23(18-26(22)27)32-31(36)40-24-9-5-6-10-24/h4,7-8,11-15,17-19,24H,5-6,9-10,16H2,1-3H3,(H,32,36)(H,33,35). The number of fused-ring (bicyclic) bond motifs is 1. The van der Waals surface area contributed by atoms with Gasteiger partial charge in [-0.1, -0.05) is 24.3 Å². The van der Waals surface area contributed by atoms with E-state index in [9.17, 15) is 18.0 Å². The fraction of sp³-hybridized carbons (Fsp3) is 0.290. The van der Waals surface area contributed by atoms with Crippen molar-refractivity contribution in [2.45, 2.75) is 50.0 Å². The van der Waals surface area contributed by atoms with E-state index in [4.69, 9.17) is 9.47 Å². The Kier molecular flexibility index (Phi) is 8.03. The minimum absolute atomic E-state index is 0.0198. The molecule has 2 N–H and O–H groups in total. The van der Waals surface area contributed by atoms with E-state index >= 15 is 0 Å². The maximum absolute atomic E-state index is 13.0. The molecule has 1 fully saturated rings. The summed E-state index contributed by atoms with van der Waals surface area (Å²) in [6.07, 6.45) is 6.05. The Morgan fingerprint density at radius 1 is 1.02 bits per heavy atom. The molecule has 9 nitrogen and oxygen atoms in total. The SMILES string of the molecule is COc1cc(Cc2cn(C)c3ccc(NC(=O)OC4CCCC4)cc23)ccc1C(=O)NS(=O)(=O)c1ccccc1C. The number of rotatable bonds is 8. The second-order valence-corrected chi connectivity index (χ2v) is 12.0. The van der Waals surface area contributed by atoms with Gasteiger partial charge in [0.15, 0.2) is 0 Å². The van der Waals surface area contributed by atoms with Gasteiger partial charge in [0, 0.05) is 29.8 Å². The first-order valence-corrected chi connectivity index (χ1v) is 15.0. The topological polar surface area (TPSA) is 116 Å². The first kappa shape index (κ1) is 28.2. The van der Waals surface area contributed by atoms with Gasteiger partial charge in [0.1, 0.15) is 11.9 Å². The van der Waals surface area contributed by atoms with E-state index in [0.717, 1.165) is 47.7 Å². The number of benzene rings is 3. The lowest BCUT2D eigenvalue weighted by Gasteiger charge is -2.13. The molecule has 1 aliphatic carbocycles. The van der Waals surface area contributed by atoms with Crippen molar-refractivity contribution >= 4 is 38.6 Å². The Morgan fingerprint density at radius 3 is 2.51 bits per heavy atom. The first-order valence-electron chi connectivity index (χ1n) is 13.5. The average Bonchev–Trinajstić information content (AvgIpc) is 3.55. The number of sulfonamides is 1. The Labute approximate surface area is 239 Å². The summed E-state index contributed by atoms with van der Waals surface area (Å²) in [4.78, 5) is 25.4. The minimum atomic E-state index is -4.06. The zero-order valence-corrected chi connectivity index (χ0v) is 24.1. The van der Waals surface area contributed by atoms with Gasteiger partial charge in [-0.3, -0.25) is 10.1 Å². The number of nitrogens with zero attached hydrogens (tertiary/aromatic N) is 1. The molecule has 214 valence electrons. The quantitative estimate of drug-likeness (QED) is 0.279. The number of nitrogens with one attached hydrogen (secondary N) is 2. The third-order valence-corrected chi connectivity index (χ3v) is 8.90. The molecule has 0 spiro atoms. The molecule has 3 aromatic carbocycles. The maximum atomic E-state index is 13.0. The van der Waals surface area contributed by atoms with Crippen LogP contribution >= 0.6 is 0 Å². The Bertz CT molecular complexity index is 1720. The van der Waals surface area contributed by atoms with Crippen LogP contribution < -0.4 is 14.8 Å². The Morgan fingerprint density at radius 2 is 1.78 bits per heavy atom. The number of carbonyl (C=O) groups is 2. The molecule has 10 heteroatoms. The predicted octanol–water partition coefficient (Wildman–Crippen LogP) is 5.70. The molecule has 0 saturated heterocycles. The van der Waals surface area contributed by atoms with E-state index in [1.807, 2.05) is 36.0 Å². The van der Waals surface area contributed by atoms with Crippen LogP contribution in [0.2, 0.25) is 0 Å². The molecule has 0 unspecified atom stereocenters. The van der Waals surface area contributed by atoms with Gasteiger partial charge in [-0.15, -0.1) is 0 Å². The molecule has 0 atom stereocenters. The molecular weight excluding hydrogens is 542 g/mol. The second-order valence-electron chi connectivity index (χ2n) is 10.3. The maximum Gasteiger partial charge on any atom is 0.411 e. The summed E-state index contributed by atoms with van der Waals surface area (Å²) in [6.45, 7) is 1.67. The van der Waals surface area contributed by atoms with Gasteiger partial charge < -0.3 is 14.0 Å². The van der Waals surface area contributed by atoms with E-state index in [1.165, 1.54) is 13.2 Å². The molecule has 1 saturated carbocycles. The lowest BCUT2D eigenvalue weighted by Crippen LogP contribution is -2.31. The number of aryl methyl sites for hydroxylation is 2. The summed E-state index contributed by atoms with van der Waals surface area (Å²) < 4.78 is 40.9. The largest absolute Gasteiger partial charge is 0.496 e. The van der Waals surface area contributed by atoms with Gasteiger partial charge in [0.25, 0.3) is 15.9 Å².